The van der Waals surface area contributed by atoms with Gasteiger partial charge in [-0.15, -0.1) is 0 Å². The lowest BCUT2D eigenvalue weighted by Crippen LogP contribution is -2.36. The van der Waals surface area contributed by atoms with E-state index in [2.05, 4.69) is 10.2 Å². The van der Waals surface area contributed by atoms with Crippen molar-refractivity contribution >= 4 is 52.0 Å². The van der Waals surface area contributed by atoms with Crippen molar-refractivity contribution in [2.75, 3.05) is 62.1 Å². The van der Waals surface area contributed by atoms with E-state index < -0.39 is 17.1 Å². The summed E-state index contributed by atoms with van der Waals surface area (Å²) in [5.41, 5.74) is 3.53. The molecule has 2 aliphatic rings. The third kappa shape index (κ3) is 5.55. The first-order valence-electron chi connectivity index (χ1n) is 10.7. The minimum Gasteiger partial charge on any atom is -0.378 e. The van der Waals surface area contributed by atoms with E-state index in [0.29, 0.717) is 23.8 Å². The number of benzene rings is 2. The third-order valence-electron chi connectivity index (χ3n) is 5.41. The highest BCUT2D eigenvalue weighted by Crippen LogP contribution is 2.32. The molecule has 0 atom stereocenters. The number of thioether (sulfide) groups is 1. The summed E-state index contributed by atoms with van der Waals surface area (Å²) < 4.78 is 5.37. The van der Waals surface area contributed by atoms with E-state index in [-0.39, 0.29) is 6.54 Å². The fraction of sp³-hybridized carbons (Fsp3) is 0.292. The van der Waals surface area contributed by atoms with E-state index in [1.807, 2.05) is 67.5 Å². The molecule has 2 heterocycles. The van der Waals surface area contributed by atoms with E-state index in [4.69, 9.17) is 4.74 Å². The van der Waals surface area contributed by atoms with Crippen LogP contribution in [0.15, 0.2) is 53.4 Å². The van der Waals surface area contributed by atoms with Crippen LogP contribution >= 0.6 is 11.8 Å². The highest BCUT2D eigenvalue weighted by atomic mass is 32.2. The van der Waals surface area contributed by atoms with Crippen molar-refractivity contribution in [2.45, 2.75) is 0 Å². The van der Waals surface area contributed by atoms with Gasteiger partial charge in [-0.1, -0.05) is 12.1 Å². The van der Waals surface area contributed by atoms with Gasteiger partial charge in [0.15, 0.2) is 0 Å². The van der Waals surface area contributed by atoms with Crippen molar-refractivity contribution in [3.8, 4) is 0 Å². The normalized spacial score (nSPS) is 17.6. The van der Waals surface area contributed by atoms with Crippen LogP contribution in [0.3, 0.4) is 0 Å². The van der Waals surface area contributed by atoms with Gasteiger partial charge in [-0.25, -0.2) is 0 Å². The molecule has 1 N–H and O–H groups in total. The van der Waals surface area contributed by atoms with Crippen molar-refractivity contribution in [1.82, 2.24) is 4.90 Å². The number of hydrogen-bond acceptors (Lipinski definition) is 7. The van der Waals surface area contributed by atoms with Gasteiger partial charge in [0.25, 0.3) is 11.1 Å². The summed E-state index contributed by atoms with van der Waals surface area (Å²) >= 11 is 0.846. The van der Waals surface area contributed by atoms with E-state index in [1.54, 1.807) is 6.08 Å². The quantitative estimate of drug-likeness (QED) is 0.655. The molecule has 0 saturated carbocycles. The fourth-order valence-corrected chi connectivity index (χ4v) is 4.42. The summed E-state index contributed by atoms with van der Waals surface area (Å²) in [7, 11) is 3.90. The topological polar surface area (TPSA) is 82.2 Å². The summed E-state index contributed by atoms with van der Waals surface area (Å²) in [6.45, 7) is 2.74. The molecule has 2 fully saturated rings. The number of ether oxygens (including phenoxy) is 1. The lowest BCUT2D eigenvalue weighted by Gasteiger charge is -2.28. The Hall–Kier alpha value is -3.30. The monoisotopic (exact) mass is 466 g/mol. The predicted molar refractivity (Wildman–Crippen MR) is 132 cm³/mol. The lowest BCUT2D eigenvalue weighted by atomic mass is 10.2. The molecule has 2 aromatic rings. The first-order chi connectivity index (χ1) is 15.9. The Labute approximate surface area is 197 Å². The lowest BCUT2D eigenvalue weighted by molar-refractivity contribution is -0.127. The maximum Gasteiger partial charge on any atom is 0.294 e. The summed E-state index contributed by atoms with van der Waals surface area (Å²) in [5, 5.41) is 2.31. The van der Waals surface area contributed by atoms with Crippen LogP contribution in [0.4, 0.5) is 21.9 Å². The van der Waals surface area contributed by atoms with Gasteiger partial charge in [-0.2, -0.15) is 0 Å². The molecule has 0 bridgehead atoms. The number of nitrogens with one attached hydrogen (secondary N) is 1. The molecule has 33 heavy (non-hydrogen) atoms. The zero-order valence-electron chi connectivity index (χ0n) is 18.6. The highest BCUT2D eigenvalue weighted by molar-refractivity contribution is 8.18. The summed E-state index contributed by atoms with van der Waals surface area (Å²) in [4.78, 5) is 43.0. The standard InChI is InChI=1S/C24H26N4O4S/c1-26(2)19-7-3-17(4-8-19)15-21-23(30)28(24(31)33-21)16-22(29)25-18-5-9-20(10-6-18)27-11-13-32-14-12-27/h3-10,15H,11-14,16H2,1-2H3,(H,25,29)/b21-15+. The van der Waals surface area contributed by atoms with Gasteiger partial charge in [0.05, 0.1) is 18.1 Å². The molecular weight excluding hydrogens is 440 g/mol. The average molecular weight is 467 g/mol. The Bertz CT molecular complexity index is 1060. The number of hydrogen-bond donors (Lipinski definition) is 1. The van der Waals surface area contributed by atoms with Crippen LogP contribution in [0.1, 0.15) is 5.56 Å². The fourth-order valence-electron chi connectivity index (χ4n) is 3.58. The predicted octanol–water partition coefficient (Wildman–Crippen LogP) is 3.26. The molecule has 4 rings (SSSR count). The Balaban J connectivity index is 1.35. The van der Waals surface area contributed by atoms with E-state index in [0.717, 1.165) is 46.7 Å². The van der Waals surface area contributed by atoms with Crippen molar-refractivity contribution in [1.29, 1.82) is 0 Å². The number of rotatable bonds is 6. The van der Waals surface area contributed by atoms with Gasteiger partial charge in [0.1, 0.15) is 6.54 Å². The van der Waals surface area contributed by atoms with Crippen LogP contribution in [0.5, 0.6) is 0 Å². The van der Waals surface area contributed by atoms with Gasteiger partial charge in [-0.05, 0) is 59.8 Å². The number of imide groups is 1. The molecule has 2 aliphatic heterocycles. The smallest absolute Gasteiger partial charge is 0.294 e. The average Bonchev–Trinajstić information content (AvgIpc) is 3.07. The minimum absolute atomic E-state index is 0.306. The van der Waals surface area contributed by atoms with Gasteiger partial charge in [-0.3, -0.25) is 19.3 Å². The number of nitrogens with zero attached hydrogens (tertiary/aromatic N) is 3. The summed E-state index contributed by atoms with van der Waals surface area (Å²) in [6, 6.07) is 15.1. The molecule has 2 aromatic carbocycles. The maximum absolute atomic E-state index is 12.7. The van der Waals surface area contributed by atoms with E-state index in [9.17, 15) is 14.4 Å². The number of morpholine rings is 1. The second kappa shape index (κ2) is 10.1. The van der Waals surface area contributed by atoms with Gasteiger partial charge >= 0.3 is 0 Å². The van der Waals surface area contributed by atoms with Crippen LogP contribution in [0, 0.1) is 0 Å². The number of carbonyl (C=O) groups excluding carboxylic acids is 3. The van der Waals surface area contributed by atoms with Crippen LogP contribution in [-0.4, -0.2) is 68.9 Å². The Morgan fingerprint density at radius 2 is 1.73 bits per heavy atom. The number of amides is 3. The number of anilines is 3. The first kappa shape index (κ1) is 22.9. The Morgan fingerprint density at radius 1 is 1.06 bits per heavy atom. The molecule has 9 heteroatoms. The second-order valence-corrected chi connectivity index (χ2v) is 8.94. The second-order valence-electron chi connectivity index (χ2n) is 7.95. The molecule has 0 aliphatic carbocycles. The van der Waals surface area contributed by atoms with Crippen molar-refractivity contribution < 1.29 is 19.1 Å². The zero-order valence-corrected chi connectivity index (χ0v) is 19.4. The molecular formula is C24H26N4O4S. The van der Waals surface area contributed by atoms with Crippen LogP contribution in [-0.2, 0) is 14.3 Å². The third-order valence-corrected chi connectivity index (χ3v) is 6.32. The van der Waals surface area contributed by atoms with E-state index >= 15 is 0 Å². The van der Waals surface area contributed by atoms with Crippen LogP contribution in [0.25, 0.3) is 6.08 Å². The molecule has 0 radical (unpaired) electrons. The van der Waals surface area contributed by atoms with Crippen molar-refractivity contribution in [3.05, 3.63) is 59.0 Å². The van der Waals surface area contributed by atoms with Gasteiger partial charge in [0.2, 0.25) is 5.91 Å². The largest absolute Gasteiger partial charge is 0.378 e. The Kier molecular flexibility index (Phi) is 7.00. The molecule has 0 unspecified atom stereocenters. The molecule has 8 nitrogen and oxygen atoms in total. The van der Waals surface area contributed by atoms with Gasteiger partial charge in [0, 0.05) is 44.2 Å². The zero-order chi connectivity index (χ0) is 23.4. The number of carbonyl (C=O) groups is 3. The van der Waals surface area contributed by atoms with Crippen LogP contribution in [0.2, 0.25) is 0 Å². The molecule has 0 spiro atoms. The summed E-state index contributed by atoms with van der Waals surface area (Å²) in [6.07, 6.45) is 1.67. The maximum atomic E-state index is 12.7. The SMILES string of the molecule is CN(C)c1ccc(/C=C2/SC(=O)N(CC(=O)Nc3ccc(N4CCOCC4)cc3)C2=O)cc1. The van der Waals surface area contributed by atoms with Crippen molar-refractivity contribution in [2.24, 2.45) is 0 Å². The van der Waals surface area contributed by atoms with Crippen LogP contribution < -0.4 is 15.1 Å². The molecule has 172 valence electrons. The summed E-state index contributed by atoms with van der Waals surface area (Å²) in [5.74, 6) is -0.882. The van der Waals surface area contributed by atoms with Gasteiger partial charge < -0.3 is 19.9 Å². The minimum atomic E-state index is -0.459. The van der Waals surface area contributed by atoms with E-state index in [1.165, 1.54) is 0 Å². The first-order valence-corrected chi connectivity index (χ1v) is 11.5. The Morgan fingerprint density at radius 3 is 2.36 bits per heavy atom. The molecule has 0 aromatic heterocycles. The molecule has 3 amide bonds. The molecule has 2 saturated heterocycles. The van der Waals surface area contributed by atoms with Crippen molar-refractivity contribution in [3.63, 3.8) is 0 Å². The highest BCUT2D eigenvalue weighted by Gasteiger charge is 2.36.